The summed E-state index contributed by atoms with van der Waals surface area (Å²) in [6, 6.07) is 12.3. The third-order valence-electron chi connectivity index (χ3n) is 6.25. The highest BCUT2D eigenvalue weighted by atomic mass is 16.5. The number of aromatic nitrogens is 3. The number of hydrogen-bond acceptors (Lipinski definition) is 7. The second-order valence-corrected chi connectivity index (χ2v) is 8.50. The lowest BCUT2D eigenvalue weighted by Crippen LogP contribution is -2.32. The van der Waals surface area contributed by atoms with Crippen molar-refractivity contribution in [2.24, 2.45) is 0 Å². The molecular weight excluding hydrogens is 400 g/mol. The van der Waals surface area contributed by atoms with Crippen molar-refractivity contribution >= 4 is 17.2 Å². The minimum atomic E-state index is 0.539. The zero-order valence-corrected chi connectivity index (χ0v) is 18.7. The third-order valence-corrected chi connectivity index (χ3v) is 6.25. The summed E-state index contributed by atoms with van der Waals surface area (Å²) in [5.74, 6) is 2.78. The van der Waals surface area contributed by atoms with Gasteiger partial charge in [0.2, 0.25) is 0 Å². The van der Waals surface area contributed by atoms with Gasteiger partial charge in [-0.3, -0.25) is 0 Å². The number of anilines is 3. The Morgan fingerprint density at radius 1 is 0.969 bits per heavy atom. The molecule has 0 unspecified atom stereocenters. The molecule has 0 aliphatic carbocycles. The molecule has 2 aliphatic rings. The Morgan fingerprint density at radius 3 is 2.62 bits per heavy atom. The van der Waals surface area contributed by atoms with Crippen LogP contribution in [0.15, 0.2) is 55.0 Å². The molecule has 0 spiro atoms. The average molecular weight is 431 g/mol. The Labute approximate surface area is 189 Å². The number of pyridine rings is 1. The van der Waals surface area contributed by atoms with Gasteiger partial charge in [-0.15, -0.1) is 0 Å². The van der Waals surface area contributed by atoms with Crippen LogP contribution in [0.1, 0.15) is 24.2 Å². The number of likely N-dealkylation sites (N-methyl/N-ethyl adjacent to an activating group) is 1. The molecule has 1 fully saturated rings. The van der Waals surface area contributed by atoms with Crippen LogP contribution in [-0.2, 0) is 13.0 Å². The molecule has 2 aromatic heterocycles. The average Bonchev–Trinajstić information content (AvgIpc) is 3.33. The first kappa shape index (κ1) is 20.7. The van der Waals surface area contributed by atoms with E-state index in [9.17, 15) is 0 Å². The maximum absolute atomic E-state index is 6.05. The van der Waals surface area contributed by atoms with Crippen LogP contribution in [0.2, 0.25) is 0 Å². The van der Waals surface area contributed by atoms with E-state index >= 15 is 0 Å². The van der Waals surface area contributed by atoms with Crippen molar-refractivity contribution in [3.63, 3.8) is 0 Å². The summed E-state index contributed by atoms with van der Waals surface area (Å²) in [6.45, 7) is 5.41. The molecule has 0 atom stereocenters. The fraction of sp³-hybridized carbons (Fsp3) is 0.400. The Bertz CT molecular complexity index is 987. The van der Waals surface area contributed by atoms with Gasteiger partial charge in [-0.1, -0.05) is 18.2 Å². The smallest absolute Gasteiger partial charge is 0.143 e. The first-order valence-electron chi connectivity index (χ1n) is 11.5. The zero-order valence-electron chi connectivity index (χ0n) is 18.7. The van der Waals surface area contributed by atoms with E-state index in [0.717, 1.165) is 73.5 Å². The fourth-order valence-corrected chi connectivity index (χ4v) is 4.37. The normalized spacial score (nSPS) is 15.3. The van der Waals surface area contributed by atoms with E-state index < -0.39 is 0 Å². The van der Waals surface area contributed by atoms with E-state index in [-0.39, 0.29) is 0 Å². The van der Waals surface area contributed by atoms with Gasteiger partial charge in [0.1, 0.15) is 24.0 Å². The highest BCUT2D eigenvalue weighted by molar-refractivity contribution is 5.70. The summed E-state index contributed by atoms with van der Waals surface area (Å²) in [4.78, 5) is 20.8. The SMILES string of the molecule is CN(CCc1ncc(N2CCCC2)cn1)CCN1c2ccccc2OCc2cccnc21. The number of ether oxygens (including phenoxy) is 1. The Hall–Kier alpha value is -3.19. The van der Waals surface area contributed by atoms with Crippen LogP contribution in [0.3, 0.4) is 0 Å². The maximum Gasteiger partial charge on any atom is 0.143 e. The maximum atomic E-state index is 6.05. The van der Waals surface area contributed by atoms with Crippen molar-refractivity contribution in [1.29, 1.82) is 0 Å². The number of nitrogens with zero attached hydrogens (tertiary/aromatic N) is 6. The van der Waals surface area contributed by atoms with E-state index in [2.05, 4.69) is 54.9 Å². The van der Waals surface area contributed by atoms with Crippen molar-refractivity contribution in [2.45, 2.75) is 25.9 Å². The number of hydrogen-bond donors (Lipinski definition) is 0. The van der Waals surface area contributed by atoms with Gasteiger partial charge in [0.05, 0.1) is 23.8 Å². The highest BCUT2D eigenvalue weighted by Gasteiger charge is 2.22. The lowest BCUT2D eigenvalue weighted by atomic mass is 10.2. The van der Waals surface area contributed by atoms with Crippen LogP contribution in [0, 0.1) is 0 Å². The van der Waals surface area contributed by atoms with Crippen LogP contribution in [0.4, 0.5) is 17.2 Å². The molecule has 0 saturated carbocycles. The molecule has 5 rings (SSSR count). The molecule has 4 heterocycles. The summed E-state index contributed by atoms with van der Waals surface area (Å²) >= 11 is 0. The first-order valence-corrected chi connectivity index (χ1v) is 11.5. The van der Waals surface area contributed by atoms with E-state index in [1.807, 2.05) is 36.8 Å². The van der Waals surface area contributed by atoms with Gasteiger partial charge in [-0.2, -0.15) is 0 Å². The molecule has 166 valence electrons. The van der Waals surface area contributed by atoms with Crippen LogP contribution in [0.5, 0.6) is 5.75 Å². The van der Waals surface area contributed by atoms with E-state index in [4.69, 9.17) is 4.74 Å². The summed E-state index contributed by atoms with van der Waals surface area (Å²) in [5, 5.41) is 0. The number of para-hydroxylation sites is 2. The first-order chi connectivity index (χ1) is 15.8. The largest absolute Gasteiger partial charge is 0.487 e. The van der Waals surface area contributed by atoms with Gasteiger partial charge in [0.25, 0.3) is 0 Å². The standard InChI is InChI=1S/C25H30N6O/c1-29(14-10-24-27-17-21(18-28-24)30-12-4-5-13-30)15-16-31-22-8-2-3-9-23(22)32-19-20-7-6-11-26-25(20)31/h2-3,6-9,11,17-18H,4-5,10,12-16,19H2,1H3. The summed E-state index contributed by atoms with van der Waals surface area (Å²) in [5.41, 5.74) is 3.32. The summed E-state index contributed by atoms with van der Waals surface area (Å²) in [7, 11) is 2.15. The van der Waals surface area contributed by atoms with Crippen LogP contribution in [0.25, 0.3) is 0 Å². The predicted molar refractivity (Wildman–Crippen MR) is 127 cm³/mol. The molecule has 0 N–H and O–H groups in total. The molecule has 0 bridgehead atoms. The Kier molecular flexibility index (Phi) is 6.16. The monoisotopic (exact) mass is 430 g/mol. The van der Waals surface area contributed by atoms with Crippen LogP contribution >= 0.6 is 0 Å². The number of benzene rings is 1. The van der Waals surface area contributed by atoms with E-state index in [1.165, 1.54) is 12.8 Å². The zero-order chi connectivity index (χ0) is 21.8. The quantitative estimate of drug-likeness (QED) is 0.567. The summed E-state index contributed by atoms with van der Waals surface area (Å²) < 4.78 is 6.05. The van der Waals surface area contributed by atoms with Crippen LogP contribution < -0.4 is 14.5 Å². The number of fused-ring (bicyclic) bond motifs is 2. The van der Waals surface area contributed by atoms with Crippen molar-refractivity contribution in [3.05, 3.63) is 66.4 Å². The highest BCUT2D eigenvalue weighted by Crippen LogP contribution is 2.37. The van der Waals surface area contributed by atoms with Crippen molar-refractivity contribution in [2.75, 3.05) is 49.6 Å². The molecule has 7 heteroatoms. The Morgan fingerprint density at radius 2 is 1.78 bits per heavy atom. The molecule has 0 amide bonds. The van der Waals surface area contributed by atoms with Crippen LogP contribution in [-0.4, -0.2) is 59.6 Å². The number of rotatable bonds is 7. The van der Waals surface area contributed by atoms with Gasteiger partial charge >= 0.3 is 0 Å². The lowest BCUT2D eigenvalue weighted by molar-refractivity contribution is 0.310. The fourth-order valence-electron chi connectivity index (χ4n) is 4.37. The van der Waals surface area contributed by atoms with Crippen molar-refractivity contribution in [1.82, 2.24) is 19.9 Å². The van der Waals surface area contributed by atoms with Gasteiger partial charge in [-0.05, 0) is 38.1 Å². The topological polar surface area (TPSA) is 57.6 Å². The van der Waals surface area contributed by atoms with Gasteiger partial charge in [0, 0.05) is 50.9 Å². The molecule has 7 nitrogen and oxygen atoms in total. The summed E-state index contributed by atoms with van der Waals surface area (Å²) in [6.07, 6.45) is 9.17. The second kappa shape index (κ2) is 9.53. The van der Waals surface area contributed by atoms with Crippen molar-refractivity contribution < 1.29 is 4.74 Å². The Balaban J connectivity index is 1.21. The lowest BCUT2D eigenvalue weighted by Gasteiger charge is -2.27. The molecule has 1 aromatic carbocycles. The molecule has 3 aromatic rings. The molecule has 2 aliphatic heterocycles. The molecule has 0 radical (unpaired) electrons. The third kappa shape index (κ3) is 4.53. The molecular formula is C25H30N6O. The second-order valence-electron chi connectivity index (χ2n) is 8.50. The predicted octanol–water partition coefficient (Wildman–Crippen LogP) is 3.68. The van der Waals surface area contributed by atoms with Gasteiger partial charge in [0.15, 0.2) is 0 Å². The van der Waals surface area contributed by atoms with E-state index in [1.54, 1.807) is 0 Å². The van der Waals surface area contributed by atoms with E-state index in [0.29, 0.717) is 6.61 Å². The van der Waals surface area contributed by atoms with Gasteiger partial charge in [-0.25, -0.2) is 15.0 Å². The minimum absolute atomic E-state index is 0.539. The molecule has 1 saturated heterocycles. The molecule has 32 heavy (non-hydrogen) atoms. The minimum Gasteiger partial charge on any atom is -0.487 e. The van der Waals surface area contributed by atoms with Crippen molar-refractivity contribution in [3.8, 4) is 5.75 Å². The van der Waals surface area contributed by atoms with Gasteiger partial charge < -0.3 is 19.4 Å².